The average molecular weight is 252 g/mol. The molecule has 0 aromatic rings. The zero-order valence-corrected chi connectivity index (χ0v) is 12.3. The van der Waals surface area contributed by atoms with Crippen molar-refractivity contribution < 1.29 is 4.79 Å². The quantitative estimate of drug-likeness (QED) is 0.834. The first-order valence-electron chi connectivity index (χ1n) is 7.60. The Balaban J connectivity index is 2.08. The Morgan fingerprint density at radius 1 is 1.39 bits per heavy atom. The van der Waals surface area contributed by atoms with Gasteiger partial charge in [-0.05, 0) is 38.0 Å². The molecule has 4 unspecified atom stereocenters. The molecule has 2 fully saturated rings. The van der Waals surface area contributed by atoms with Crippen LogP contribution in [0, 0.1) is 11.8 Å². The van der Waals surface area contributed by atoms with E-state index in [-0.39, 0.29) is 11.7 Å². The molecule has 1 saturated heterocycles. The van der Waals surface area contributed by atoms with Crippen LogP contribution in [0.1, 0.15) is 59.8 Å². The summed E-state index contributed by atoms with van der Waals surface area (Å²) in [5.74, 6) is 1.81. The molecule has 1 saturated carbocycles. The Morgan fingerprint density at radius 2 is 2.11 bits per heavy atom. The number of amides is 1. The number of hydrogen-bond donors (Lipinski definition) is 1. The molecular weight excluding hydrogens is 224 g/mol. The minimum absolute atomic E-state index is 0.246. The number of hydrogen-bond acceptors (Lipinski definition) is 2. The van der Waals surface area contributed by atoms with Gasteiger partial charge in [0, 0.05) is 6.54 Å². The van der Waals surface area contributed by atoms with E-state index >= 15 is 0 Å². The second-order valence-corrected chi connectivity index (χ2v) is 6.38. The van der Waals surface area contributed by atoms with Crippen LogP contribution in [-0.4, -0.2) is 29.1 Å². The van der Waals surface area contributed by atoms with Gasteiger partial charge >= 0.3 is 0 Å². The summed E-state index contributed by atoms with van der Waals surface area (Å²) in [5, 5.41) is 3.53. The maximum Gasteiger partial charge on any atom is 0.243 e. The molecule has 1 heterocycles. The second-order valence-electron chi connectivity index (χ2n) is 6.38. The van der Waals surface area contributed by atoms with E-state index in [9.17, 15) is 4.79 Å². The minimum Gasteiger partial charge on any atom is -0.325 e. The lowest BCUT2D eigenvalue weighted by molar-refractivity contribution is -0.133. The third-order valence-electron chi connectivity index (χ3n) is 5.16. The molecule has 3 nitrogen and oxygen atoms in total. The number of rotatable bonds is 4. The molecule has 2 aliphatic rings. The number of carbonyl (C=O) groups is 1. The molecule has 0 aromatic heterocycles. The summed E-state index contributed by atoms with van der Waals surface area (Å²) in [6.45, 7) is 9.61. The molecule has 0 aromatic carbocycles. The topological polar surface area (TPSA) is 32.3 Å². The predicted octanol–water partition coefficient (Wildman–Crippen LogP) is 2.76. The van der Waals surface area contributed by atoms with Gasteiger partial charge in [0.2, 0.25) is 5.91 Å². The van der Waals surface area contributed by atoms with Crippen LogP contribution in [0.3, 0.4) is 0 Å². The molecule has 18 heavy (non-hydrogen) atoms. The molecule has 0 radical (unpaired) electrons. The van der Waals surface area contributed by atoms with Gasteiger partial charge < -0.3 is 4.90 Å². The fourth-order valence-corrected chi connectivity index (χ4v) is 3.50. The zero-order chi connectivity index (χ0) is 13.3. The highest BCUT2D eigenvalue weighted by Crippen LogP contribution is 2.34. The average Bonchev–Trinajstić information content (AvgIpc) is 2.87. The third kappa shape index (κ3) is 2.29. The molecular formula is C15H28N2O. The molecule has 1 N–H and O–H groups in total. The lowest BCUT2D eigenvalue weighted by Crippen LogP contribution is -2.43. The first-order valence-corrected chi connectivity index (χ1v) is 7.60. The smallest absolute Gasteiger partial charge is 0.243 e. The lowest BCUT2D eigenvalue weighted by Gasteiger charge is -2.28. The zero-order valence-electron chi connectivity index (χ0n) is 12.3. The fraction of sp³-hybridized carbons (Fsp3) is 0.933. The summed E-state index contributed by atoms with van der Waals surface area (Å²) in [4.78, 5) is 14.7. The van der Waals surface area contributed by atoms with Crippen LogP contribution in [0.5, 0.6) is 0 Å². The molecule has 0 spiro atoms. The van der Waals surface area contributed by atoms with Crippen LogP contribution in [0.25, 0.3) is 0 Å². The number of nitrogens with zero attached hydrogens (tertiary/aromatic N) is 1. The summed E-state index contributed by atoms with van der Waals surface area (Å²) < 4.78 is 0. The van der Waals surface area contributed by atoms with Crippen molar-refractivity contribution in [1.29, 1.82) is 0 Å². The van der Waals surface area contributed by atoms with Crippen molar-refractivity contribution in [2.24, 2.45) is 11.8 Å². The van der Waals surface area contributed by atoms with Crippen molar-refractivity contribution in [3.63, 3.8) is 0 Å². The third-order valence-corrected chi connectivity index (χ3v) is 5.16. The van der Waals surface area contributed by atoms with Gasteiger partial charge in [-0.25, -0.2) is 0 Å². The summed E-state index contributed by atoms with van der Waals surface area (Å²) in [6, 6.07) is 0. The maximum absolute atomic E-state index is 12.6. The Labute approximate surface area is 111 Å². The monoisotopic (exact) mass is 252 g/mol. The highest BCUT2D eigenvalue weighted by Gasteiger charge is 2.46. The van der Waals surface area contributed by atoms with Crippen LogP contribution >= 0.6 is 0 Å². The van der Waals surface area contributed by atoms with E-state index in [2.05, 4.69) is 37.9 Å². The van der Waals surface area contributed by atoms with E-state index in [1.807, 2.05) is 0 Å². The number of nitrogens with one attached hydrogen (secondary N) is 1. The standard InChI is InChI=1S/C15H28N2O/c1-5-13-16-15(4,6-2)14(18)17(13)10-12-9-7-8-11(12)3/h11-13,16H,5-10H2,1-4H3. The number of carbonyl (C=O) groups excluding carboxylic acids is 1. The lowest BCUT2D eigenvalue weighted by atomic mass is 9.96. The molecule has 2 rings (SSSR count). The molecule has 1 aliphatic heterocycles. The van der Waals surface area contributed by atoms with Crippen molar-refractivity contribution in [1.82, 2.24) is 10.2 Å². The Morgan fingerprint density at radius 3 is 2.61 bits per heavy atom. The summed E-state index contributed by atoms with van der Waals surface area (Å²) in [7, 11) is 0. The molecule has 104 valence electrons. The second kappa shape index (κ2) is 5.20. The molecule has 3 heteroatoms. The summed E-state index contributed by atoms with van der Waals surface area (Å²) >= 11 is 0. The van der Waals surface area contributed by atoms with E-state index in [1.165, 1.54) is 19.3 Å². The van der Waals surface area contributed by atoms with Crippen molar-refractivity contribution >= 4 is 5.91 Å². The first-order chi connectivity index (χ1) is 8.51. The normalized spacial score (nSPS) is 40.8. The van der Waals surface area contributed by atoms with E-state index in [1.54, 1.807) is 0 Å². The van der Waals surface area contributed by atoms with Crippen molar-refractivity contribution in [3.05, 3.63) is 0 Å². The highest BCUT2D eigenvalue weighted by molar-refractivity contribution is 5.88. The van der Waals surface area contributed by atoms with Gasteiger partial charge in [-0.3, -0.25) is 10.1 Å². The predicted molar refractivity (Wildman–Crippen MR) is 74.1 cm³/mol. The van der Waals surface area contributed by atoms with E-state index in [4.69, 9.17) is 0 Å². The SMILES string of the molecule is CCC1NC(C)(CC)C(=O)N1CC1CCCC1C. The van der Waals surface area contributed by atoms with Crippen LogP contribution in [0.2, 0.25) is 0 Å². The van der Waals surface area contributed by atoms with Gasteiger partial charge in [-0.15, -0.1) is 0 Å². The highest BCUT2D eigenvalue weighted by atomic mass is 16.2. The molecule has 1 amide bonds. The van der Waals surface area contributed by atoms with Gasteiger partial charge in [-0.1, -0.05) is 33.6 Å². The van der Waals surface area contributed by atoms with Gasteiger partial charge in [0.1, 0.15) is 0 Å². The summed E-state index contributed by atoms with van der Waals surface area (Å²) in [5.41, 5.74) is -0.331. The van der Waals surface area contributed by atoms with Crippen LogP contribution in [0.4, 0.5) is 0 Å². The summed E-state index contributed by atoms with van der Waals surface area (Å²) in [6.07, 6.45) is 6.09. The van der Waals surface area contributed by atoms with Crippen molar-refractivity contribution in [2.45, 2.75) is 71.5 Å². The maximum atomic E-state index is 12.6. The Kier molecular flexibility index (Phi) is 4.00. The van der Waals surface area contributed by atoms with Gasteiger partial charge in [0.25, 0.3) is 0 Å². The molecule has 4 atom stereocenters. The fourth-order valence-electron chi connectivity index (χ4n) is 3.50. The van der Waals surface area contributed by atoms with Gasteiger partial charge in [-0.2, -0.15) is 0 Å². The van der Waals surface area contributed by atoms with E-state index < -0.39 is 0 Å². The Hall–Kier alpha value is -0.570. The van der Waals surface area contributed by atoms with E-state index in [0.717, 1.165) is 25.3 Å². The largest absolute Gasteiger partial charge is 0.325 e. The van der Waals surface area contributed by atoms with Crippen LogP contribution < -0.4 is 5.32 Å². The molecule has 0 bridgehead atoms. The van der Waals surface area contributed by atoms with Gasteiger partial charge in [0.05, 0.1) is 11.7 Å². The van der Waals surface area contributed by atoms with Crippen molar-refractivity contribution in [2.75, 3.05) is 6.54 Å². The van der Waals surface area contributed by atoms with Crippen molar-refractivity contribution in [3.8, 4) is 0 Å². The van der Waals surface area contributed by atoms with Gasteiger partial charge in [0.15, 0.2) is 0 Å². The first kappa shape index (κ1) is 13.9. The van der Waals surface area contributed by atoms with E-state index in [0.29, 0.717) is 11.8 Å². The Bertz CT molecular complexity index is 318. The minimum atomic E-state index is -0.331. The van der Waals surface area contributed by atoms with Crippen LogP contribution in [-0.2, 0) is 4.79 Å². The molecule has 1 aliphatic carbocycles. The van der Waals surface area contributed by atoms with Crippen LogP contribution in [0.15, 0.2) is 0 Å².